The van der Waals surface area contributed by atoms with Crippen molar-refractivity contribution in [3.8, 4) is 0 Å². The highest BCUT2D eigenvalue weighted by molar-refractivity contribution is 5.37. The van der Waals surface area contributed by atoms with E-state index >= 15 is 0 Å². The maximum atomic E-state index is 12.3. The summed E-state index contributed by atoms with van der Waals surface area (Å²) in [4.78, 5) is 3.76. The Balaban J connectivity index is 2.03. The third-order valence-electron chi connectivity index (χ3n) is 2.80. The minimum Gasteiger partial charge on any atom is -0.376 e. The second-order valence-corrected chi connectivity index (χ2v) is 4.05. The lowest BCUT2D eigenvalue weighted by atomic mass is 10.1. The summed E-state index contributed by atoms with van der Waals surface area (Å²) in [5, 5.41) is 3.07. The van der Waals surface area contributed by atoms with Crippen molar-refractivity contribution in [3.05, 3.63) is 23.9 Å². The molecule has 0 amide bonds. The van der Waals surface area contributed by atoms with Crippen LogP contribution in [0.25, 0.3) is 0 Å². The molecule has 0 bridgehead atoms. The van der Waals surface area contributed by atoms with Crippen molar-refractivity contribution >= 4 is 5.82 Å². The number of aromatic nitrogens is 1. The van der Waals surface area contributed by atoms with Gasteiger partial charge < -0.3 is 10.1 Å². The predicted molar refractivity (Wildman–Crippen MR) is 56.7 cm³/mol. The molecule has 2 heterocycles. The van der Waals surface area contributed by atoms with Gasteiger partial charge in [-0.2, -0.15) is 13.2 Å². The average Bonchev–Trinajstić information content (AvgIpc) is 2.64. The summed E-state index contributed by atoms with van der Waals surface area (Å²) in [6, 6.07) is 2.48. The molecule has 6 heteroatoms. The van der Waals surface area contributed by atoms with Gasteiger partial charge in [-0.15, -0.1) is 0 Å². The molecular formula is C11H13F3N2O. The average molecular weight is 246 g/mol. The highest BCUT2D eigenvalue weighted by Gasteiger charge is 2.31. The smallest absolute Gasteiger partial charge is 0.376 e. The molecule has 3 nitrogen and oxygen atoms in total. The van der Waals surface area contributed by atoms with Crippen LogP contribution in [0.2, 0.25) is 0 Å². The van der Waals surface area contributed by atoms with Crippen LogP contribution >= 0.6 is 0 Å². The first-order valence-corrected chi connectivity index (χ1v) is 5.38. The number of hydrogen-bond acceptors (Lipinski definition) is 3. The first-order chi connectivity index (χ1) is 7.97. The second-order valence-electron chi connectivity index (χ2n) is 4.05. The maximum Gasteiger partial charge on any atom is 0.417 e. The van der Waals surface area contributed by atoms with Gasteiger partial charge in [-0.05, 0) is 25.5 Å². The zero-order chi connectivity index (χ0) is 12.5. The van der Waals surface area contributed by atoms with E-state index in [9.17, 15) is 13.2 Å². The van der Waals surface area contributed by atoms with Crippen molar-refractivity contribution in [2.24, 2.45) is 0 Å². The molecule has 0 saturated carbocycles. The lowest BCUT2D eigenvalue weighted by Crippen LogP contribution is -2.27. The number of nitrogens with zero attached hydrogens (tertiary/aromatic N) is 1. The Kier molecular flexibility index (Phi) is 3.24. The molecule has 2 atom stereocenters. The van der Waals surface area contributed by atoms with E-state index in [0.717, 1.165) is 18.7 Å². The molecule has 1 saturated heterocycles. The number of rotatable bonds is 2. The fraction of sp³-hybridized carbons (Fsp3) is 0.545. The molecule has 0 aliphatic carbocycles. The number of halogens is 3. The van der Waals surface area contributed by atoms with E-state index in [1.165, 1.54) is 6.07 Å². The molecule has 0 aromatic carbocycles. The Morgan fingerprint density at radius 2 is 2.18 bits per heavy atom. The summed E-state index contributed by atoms with van der Waals surface area (Å²) in [6.07, 6.45) is -2.61. The lowest BCUT2D eigenvalue weighted by molar-refractivity contribution is -0.137. The largest absolute Gasteiger partial charge is 0.417 e. The third kappa shape index (κ3) is 2.88. The summed E-state index contributed by atoms with van der Waals surface area (Å²) < 4.78 is 42.3. The Bertz CT molecular complexity index is 377. The predicted octanol–water partition coefficient (Wildman–Crippen LogP) is 2.69. The van der Waals surface area contributed by atoms with Crippen molar-refractivity contribution in [2.45, 2.75) is 31.7 Å². The van der Waals surface area contributed by atoms with Crippen molar-refractivity contribution in [1.29, 1.82) is 0 Å². The van der Waals surface area contributed by atoms with E-state index in [2.05, 4.69) is 10.3 Å². The molecule has 2 unspecified atom stereocenters. The number of hydrogen-bond donors (Lipinski definition) is 1. The zero-order valence-electron chi connectivity index (χ0n) is 9.29. The van der Waals surface area contributed by atoms with Gasteiger partial charge >= 0.3 is 6.18 Å². The van der Waals surface area contributed by atoms with Gasteiger partial charge in [0.1, 0.15) is 5.82 Å². The number of ether oxygens (including phenoxy) is 1. The SMILES string of the molecule is CC1OCCC1Nc1ccc(C(F)(F)F)cn1. The molecule has 0 spiro atoms. The van der Waals surface area contributed by atoms with Gasteiger partial charge in [0.25, 0.3) is 0 Å². The second kappa shape index (κ2) is 4.52. The van der Waals surface area contributed by atoms with Crippen LogP contribution in [0.5, 0.6) is 0 Å². The van der Waals surface area contributed by atoms with E-state index in [0.29, 0.717) is 12.4 Å². The van der Waals surface area contributed by atoms with Gasteiger partial charge in [-0.3, -0.25) is 0 Å². The Morgan fingerprint density at radius 3 is 2.65 bits per heavy atom. The van der Waals surface area contributed by atoms with Crippen LogP contribution in [0, 0.1) is 0 Å². The van der Waals surface area contributed by atoms with Crippen LogP contribution in [0.3, 0.4) is 0 Å². The maximum absolute atomic E-state index is 12.3. The zero-order valence-corrected chi connectivity index (χ0v) is 9.29. The lowest BCUT2D eigenvalue weighted by Gasteiger charge is -2.16. The Hall–Kier alpha value is -1.30. The van der Waals surface area contributed by atoms with Crippen molar-refractivity contribution in [2.75, 3.05) is 11.9 Å². The van der Waals surface area contributed by atoms with E-state index in [-0.39, 0.29) is 12.1 Å². The summed E-state index contributed by atoms with van der Waals surface area (Å²) >= 11 is 0. The highest BCUT2D eigenvalue weighted by atomic mass is 19.4. The van der Waals surface area contributed by atoms with E-state index in [1.54, 1.807) is 0 Å². The summed E-state index contributed by atoms with van der Waals surface area (Å²) in [6.45, 7) is 2.59. The van der Waals surface area contributed by atoms with E-state index in [4.69, 9.17) is 4.74 Å². The minimum atomic E-state index is -4.34. The topological polar surface area (TPSA) is 34.1 Å². The number of alkyl halides is 3. The summed E-state index contributed by atoms with van der Waals surface area (Å²) in [7, 11) is 0. The van der Waals surface area contributed by atoms with Gasteiger partial charge in [0, 0.05) is 12.8 Å². The molecular weight excluding hydrogens is 233 g/mol. The van der Waals surface area contributed by atoms with E-state index in [1.807, 2.05) is 6.92 Å². The highest BCUT2D eigenvalue weighted by Crippen LogP contribution is 2.29. The van der Waals surface area contributed by atoms with E-state index < -0.39 is 11.7 Å². The van der Waals surface area contributed by atoms with Gasteiger partial charge in [-0.1, -0.05) is 0 Å². The van der Waals surface area contributed by atoms with Crippen LogP contribution in [0.1, 0.15) is 18.9 Å². The molecule has 2 rings (SSSR count). The molecule has 1 aromatic heterocycles. The first kappa shape index (κ1) is 12.2. The molecule has 1 fully saturated rings. The Labute approximate surface area is 97.0 Å². The van der Waals surface area contributed by atoms with Crippen LogP contribution in [-0.2, 0) is 10.9 Å². The molecule has 1 aliphatic heterocycles. The summed E-state index contributed by atoms with van der Waals surface area (Å²) in [5.41, 5.74) is -0.737. The molecule has 17 heavy (non-hydrogen) atoms. The molecule has 0 radical (unpaired) electrons. The van der Waals surface area contributed by atoms with Gasteiger partial charge in [0.15, 0.2) is 0 Å². The Morgan fingerprint density at radius 1 is 1.41 bits per heavy atom. The number of pyridine rings is 1. The fourth-order valence-corrected chi connectivity index (χ4v) is 1.76. The van der Waals surface area contributed by atoms with Crippen LogP contribution in [0.4, 0.5) is 19.0 Å². The minimum absolute atomic E-state index is 0.0547. The number of nitrogens with one attached hydrogen (secondary N) is 1. The summed E-state index contributed by atoms with van der Waals surface area (Å²) in [5.74, 6) is 0.445. The third-order valence-corrected chi connectivity index (χ3v) is 2.80. The molecule has 1 aromatic rings. The quantitative estimate of drug-likeness (QED) is 0.871. The normalized spacial score (nSPS) is 24.9. The molecule has 1 N–H and O–H groups in total. The van der Waals surface area contributed by atoms with Gasteiger partial charge in [0.2, 0.25) is 0 Å². The molecule has 94 valence electrons. The van der Waals surface area contributed by atoms with Crippen molar-refractivity contribution < 1.29 is 17.9 Å². The van der Waals surface area contributed by atoms with Crippen molar-refractivity contribution in [1.82, 2.24) is 4.98 Å². The van der Waals surface area contributed by atoms with Crippen LogP contribution in [0.15, 0.2) is 18.3 Å². The van der Waals surface area contributed by atoms with Gasteiger partial charge in [0.05, 0.1) is 17.7 Å². The monoisotopic (exact) mass is 246 g/mol. The standard InChI is InChI=1S/C11H13F3N2O/c1-7-9(4-5-17-7)16-10-3-2-8(6-15-10)11(12,13)14/h2-3,6-7,9H,4-5H2,1H3,(H,15,16). The number of anilines is 1. The van der Waals surface area contributed by atoms with Crippen LogP contribution < -0.4 is 5.32 Å². The van der Waals surface area contributed by atoms with Crippen molar-refractivity contribution in [3.63, 3.8) is 0 Å². The fourth-order valence-electron chi connectivity index (χ4n) is 1.76. The first-order valence-electron chi connectivity index (χ1n) is 5.38. The molecule has 1 aliphatic rings. The van der Waals surface area contributed by atoms with Crippen LogP contribution in [-0.4, -0.2) is 23.7 Å². The van der Waals surface area contributed by atoms with Gasteiger partial charge in [-0.25, -0.2) is 4.98 Å².